The molecule has 1 saturated carbocycles. The minimum absolute atomic E-state index is 0.0843. The number of amides is 1. The van der Waals surface area contributed by atoms with E-state index in [1.807, 2.05) is 30.0 Å². The maximum absolute atomic E-state index is 12.7. The predicted molar refractivity (Wildman–Crippen MR) is 152 cm³/mol. The fourth-order valence-electron chi connectivity index (χ4n) is 5.28. The number of nitrogens with one attached hydrogen (secondary N) is 2. The third-order valence-electron chi connectivity index (χ3n) is 7.37. The van der Waals surface area contributed by atoms with Crippen LogP contribution in [0.15, 0.2) is 66.6 Å². The lowest BCUT2D eigenvalue weighted by molar-refractivity contribution is -0.119. The highest BCUT2D eigenvalue weighted by atomic mass is 16.1. The Balaban J connectivity index is 1.34. The van der Waals surface area contributed by atoms with Gasteiger partial charge in [-0.25, -0.2) is 9.97 Å². The number of imidazole rings is 2. The van der Waals surface area contributed by atoms with Gasteiger partial charge in [-0.15, -0.1) is 0 Å². The Bertz CT molecular complexity index is 1710. The van der Waals surface area contributed by atoms with Crippen LogP contribution >= 0.6 is 0 Å². The normalized spacial score (nSPS) is 14.3. The van der Waals surface area contributed by atoms with Gasteiger partial charge in [0.1, 0.15) is 11.2 Å². The van der Waals surface area contributed by atoms with E-state index in [0.717, 1.165) is 76.1 Å². The van der Waals surface area contributed by atoms with Gasteiger partial charge in [0.05, 0.1) is 47.5 Å². The van der Waals surface area contributed by atoms with E-state index in [9.17, 15) is 4.79 Å². The number of aliphatic imine (C=N–C) groups is 1. The van der Waals surface area contributed by atoms with E-state index < -0.39 is 0 Å². The third-order valence-corrected chi connectivity index (χ3v) is 7.37. The molecule has 4 heterocycles. The first kappa shape index (κ1) is 24.7. The van der Waals surface area contributed by atoms with Gasteiger partial charge in [-0.1, -0.05) is 25.0 Å². The lowest BCUT2D eigenvalue weighted by Crippen LogP contribution is -2.20. The van der Waals surface area contributed by atoms with Gasteiger partial charge in [0.25, 0.3) is 0 Å². The standard InChI is InChI=1S/C30H30N8O/c1-18-8-9-21(22-10-23(13-32-12-22)35-30(39)20-6-4-5-7-20)11-24(18)27(31-3)29-36-25-14-33-15-26(28(25)37-29)38-16-19(2)34-17-38/h8-17,20H,4-7H2,1-3H3,(H,35,39)(H,36,37)/b31-27+. The topological polar surface area (TPSA) is 114 Å². The van der Waals surface area contributed by atoms with E-state index in [0.29, 0.717) is 11.5 Å². The lowest BCUT2D eigenvalue weighted by Gasteiger charge is -2.13. The molecule has 1 fully saturated rings. The van der Waals surface area contributed by atoms with Crippen molar-refractivity contribution in [3.05, 3.63) is 84.2 Å². The maximum atomic E-state index is 12.7. The average molecular weight is 519 g/mol. The number of carbonyl (C=O) groups excluding carboxylic acids is 1. The van der Waals surface area contributed by atoms with Gasteiger partial charge in [-0.3, -0.25) is 19.8 Å². The quantitative estimate of drug-likeness (QED) is 0.292. The zero-order chi connectivity index (χ0) is 26.9. The number of aromatic nitrogens is 6. The highest BCUT2D eigenvalue weighted by Gasteiger charge is 2.23. The predicted octanol–water partition coefficient (Wildman–Crippen LogP) is 5.42. The minimum Gasteiger partial charge on any atom is -0.335 e. The number of hydrogen-bond acceptors (Lipinski definition) is 6. The summed E-state index contributed by atoms with van der Waals surface area (Å²) in [5.74, 6) is 0.843. The zero-order valence-corrected chi connectivity index (χ0v) is 22.3. The monoisotopic (exact) mass is 518 g/mol. The summed E-state index contributed by atoms with van der Waals surface area (Å²) in [5.41, 5.74) is 8.77. The van der Waals surface area contributed by atoms with Gasteiger partial charge in [0.15, 0.2) is 5.82 Å². The molecular weight excluding hydrogens is 488 g/mol. The number of rotatable bonds is 6. The van der Waals surface area contributed by atoms with E-state index in [4.69, 9.17) is 4.98 Å². The maximum Gasteiger partial charge on any atom is 0.227 e. The molecule has 1 amide bonds. The lowest BCUT2D eigenvalue weighted by atomic mass is 9.97. The van der Waals surface area contributed by atoms with Crippen molar-refractivity contribution in [1.82, 2.24) is 29.5 Å². The summed E-state index contributed by atoms with van der Waals surface area (Å²) in [4.78, 5) is 38.8. The molecular formula is C30H30N8O. The van der Waals surface area contributed by atoms with Crippen molar-refractivity contribution in [2.24, 2.45) is 10.9 Å². The third kappa shape index (κ3) is 4.83. The highest BCUT2D eigenvalue weighted by molar-refractivity contribution is 6.13. The van der Waals surface area contributed by atoms with Gasteiger partial charge in [-0.05, 0) is 49.9 Å². The molecule has 6 rings (SSSR count). The molecule has 0 spiro atoms. The molecule has 5 aromatic rings. The molecule has 9 nitrogen and oxygen atoms in total. The molecule has 0 bridgehead atoms. The van der Waals surface area contributed by atoms with Crippen molar-refractivity contribution in [3.8, 4) is 16.8 Å². The summed E-state index contributed by atoms with van der Waals surface area (Å²) in [7, 11) is 1.77. The number of hydrogen-bond donors (Lipinski definition) is 2. The molecule has 0 aliphatic heterocycles. The SMILES string of the molecule is C/N=C(/c1nc2c(-n3cnc(C)c3)cncc2[nH]1)c1cc(-c2cncc(NC(=O)C3CCCC3)c2)ccc1C. The first-order valence-electron chi connectivity index (χ1n) is 13.2. The molecule has 0 unspecified atom stereocenters. The van der Waals surface area contributed by atoms with Gasteiger partial charge in [0, 0.05) is 36.5 Å². The van der Waals surface area contributed by atoms with Gasteiger partial charge < -0.3 is 14.9 Å². The molecule has 0 atom stereocenters. The number of aryl methyl sites for hydroxylation is 2. The summed E-state index contributed by atoms with van der Waals surface area (Å²) in [6, 6.07) is 8.21. The van der Waals surface area contributed by atoms with Crippen molar-refractivity contribution in [1.29, 1.82) is 0 Å². The average Bonchev–Trinajstić information content (AvgIpc) is 3.71. The Morgan fingerprint density at radius 3 is 2.64 bits per heavy atom. The first-order valence-corrected chi connectivity index (χ1v) is 13.2. The summed E-state index contributed by atoms with van der Waals surface area (Å²) in [6.07, 6.45) is 14.9. The Morgan fingerprint density at radius 2 is 1.87 bits per heavy atom. The van der Waals surface area contributed by atoms with Crippen LogP contribution in [0, 0.1) is 19.8 Å². The molecule has 196 valence electrons. The first-order chi connectivity index (χ1) is 19.0. The fraction of sp³-hybridized carbons (Fsp3) is 0.267. The van der Waals surface area contributed by atoms with Crippen LogP contribution in [0.25, 0.3) is 27.8 Å². The van der Waals surface area contributed by atoms with E-state index in [2.05, 4.69) is 55.4 Å². The highest BCUT2D eigenvalue weighted by Crippen LogP contribution is 2.29. The van der Waals surface area contributed by atoms with Crippen molar-refractivity contribution < 1.29 is 4.79 Å². The Hall–Kier alpha value is -4.66. The van der Waals surface area contributed by atoms with Gasteiger partial charge in [0.2, 0.25) is 5.91 Å². The summed E-state index contributed by atoms with van der Waals surface area (Å²) in [5, 5.41) is 3.06. The molecule has 2 N–H and O–H groups in total. The molecule has 1 aliphatic carbocycles. The van der Waals surface area contributed by atoms with Crippen molar-refractivity contribution >= 4 is 28.3 Å². The van der Waals surface area contributed by atoms with Crippen molar-refractivity contribution in [3.63, 3.8) is 0 Å². The molecule has 1 aliphatic rings. The van der Waals surface area contributed by atoms with Crippen LogP contribution < -0.4 is 5.32 Å². The van der Waals surface area contributed by atoms with Crippen molar-refractivity contribution in [2.75, 3.05) is 12.4 Å². The number of benzene rings is 1. The van der Waals surface area contributed by atoms with Gasteiger partial charge >= 0.3 is 0 Å². The number of carbonyl (C=O) groups is 1. The van der Waals surface area contributed by atoms with E-state index >= 15 is 0 Å². The number of anilines is 1. The summed E-state index contributed by atoms with van der Waals surface area (Å²) >= 11 is 0. The second kappa shape index (κ2) is 10.2. The largest absolute Gasteiger partial charge is 0.335 e. The molecule has 39 heavy (non-hydrogen) atoms. The smallest absolute Gasteiger partial charge is 0.227 e. The summed E-state index contributed by atoms with van der Waals surface area (Å²) < 4.78 is 1.93. The van der Waals surface area contributed by atoms with Gasteiger partial charge in [-0.2, -0.15) is 0 Å². The van der Waals surface area contributed by atoms with E-state index in [-0.39, 0.29) is 11.8 Å². The van der Waals surface area contributed by atoms with Crippen LogP contribution in [0.1, 0.15) is 48.3 Å². The number of pyridine rings is 2. The molecule has 0 radical (unpaired) electrons. The molecule has 1 aromatic carbocycles. The summed E-state index contributed by atoms with van der Waals surface area (Å²) in [6.45, 7) is 4.01. The number of H-pyrrole nitrogens is 1. The minimum atomic E-state index is 0.0843. The van der Waals surface area contributed by atoms with E-state index in [1.54, 1.807) is 32.0 Å². The Morgan fingerprint density at radius 1 is 1.05 bits per heavy atom. The van der Waals surface area contributed by atoms with E-state index in [1.165, 1.54) is 0 Å². The van der Waals surface area contributed by atoms with Crippen LogP contribution in [-0.4, -0.2) is 48.2 Å². The molecule has 9 heteroatoms. The second-order valence-corrected chi connectivity index (χ2v) is 10.1. The van der Waals surface area contributed by atoms with Crippen LogP contribution in [0.5, 0.6) is 0 Å². The van der Waals surface area contributed by atoms with Crippen LogP contribution in [0.2, 0.25) is 0 Å². The van der Waals surface area contributed by atoms with Crippen molar-refractivity contribution in [2.45, 2.75) is 39.5 Å². The number of aromatic amines is 1. The zero-order valence-electron chi connectivity index (χ0n) is 22.3. The van der Waals surface area contributed by atoms with Crippen LogP contribution in [-0.2, 0) is 4.79 Å². The molecule has 4 aromatic heterocycles. The van der Waals surface area contributed by atoms with Crippen LogP contribution in [0.4, 0.5) is 5.69 Å². The Labute approximate surface area is 226 Å². The van der Waals surface area contributed by atoms with Crippen LogP contribution in [0.3, 0.4) is 0 Å². The second-order valence-electron chi connectivity index (χ2n) is 10.1. The fourth-order valence-corrected chi connectivity index (χ4v) is 5.28. The number of nitrogens with zero attached hydrogens (tertiary/aromatic N) is 6. The Kier molecular flexibility index (Phi) is 6.48. The number of fused-ring (bicyclic) bond motifs is 1. The molecule has 0 saturated heterocycles.